The summed E-state index contributed by atoms with van der Waals surface area (Å²) in [5.41, 5.74) is -0.286. The highest BCUT2D eigenvalue weighted by Gasteiger charge is 2.44. The normalized spacial score (nSPS) is 20.9. The summed E-state index contributed by atoms with van der Waals surface area (Å²) in [6.45, 7) is 0. The van der Waals surface area contributed by atoms with Crippen LogP contribution in [0.1, 0.15) is 25.7 Å². The highest BCUT2D eigenvalue weighted by molar-refractivity contribution is 6.06. The molecule has 3 nitrogen and oxygen atoms in total. The third-order valence-electron chi connectivity index (χ3n) is 3.56. The van der Waals surface area contributed by atoms with Crippen LogP contribution in [0, 0.1) is 11.6 Å². The van der Waals surface area contributed by atoms with E-state index in [1.165, 1.54) is 6.07 Å². The van der Waals surface area contributed by atoms with Crippen molar-refractivity contribution in [3.63, 3.8) is 0 Å². The minimum absolute atomic E-state index is 0.0499. The van der Waals surface area contributed by atoms with E-state index in [1.807, 2.05) is 0 Å². The van der Waals surface area contributed by atoms with E-state index in [-0.39, 0.29) is 11.6 Å². The highest BCUT2D eigenvalue weighted by Crippen LogP contribution is 2.41. The second-order valence-electron chi connectivity index (χ2n) is 4.68. The number of amides is 1. The Balaban J connectivity index is 2.07. The van der Waals surface area contributed by atoms with Crippen molar-refractivity contribution in [3.05, 3.63) is 23.8 Å². The Morgan fingerprint density at radius 1 is 1.18 bits per heavy atom. The summed E-state index contributed by atoms with van der Waals surface area (Å²) in [6.07, 6.45) is 3.31. The fourth-order valence-electron chi connectivity index (χ4n) is 2.68. The number of rotatable bonds is 0. The molecule has 0 saturated heterocycles. The molecule has 1 spiro atoms. The first-order valence-electron chi connectivity index (χ1n) is 5.69. The van der Waals surface area contributed by atoms with Gasteiger partial charge in [0.15, 0.2) is 5.82 Å². The maximum Gasteiger partial charge on any atom is 0.250 e. The lowest BCUT2D eigenvalue weighted by atomic mass is 9.93. The molecule has 1 aromatic rings. The van der Waals surface area contributed by atoms with Crippen LogP contribution in [0.2, 0.25) is 0 Å². The molecule has 17 heavy (non-hydrogen) atoms. The van der Waals surface area contributed by atoms with Crippen molar-refractivity contribution in [2.24, 2.45) is 0 Å². The summed E-state index contributed by atoms with van der Waals surface area (Å²) < 4.78 is 26.6. The van der Waals surface area contributed by atoms with Crippen molar-refractivity contribution in [2.45, 2.75) is 31.2 Å². The summed E-state index contributed by atoms with van der Waals surface area (Å²) in [5.74, 6) is -1.60. The van der Waals surface area contributed by atoms with Crippen molar-refractivity contribution in [1.29, 1.82) is 0 Å². The average Bonchev–Trinajstić information content (AvgIpc) is 2.71. The molecule has 0 bridgehead atoms. The smallest absolute Gasteiger partial charge is 0.250 e. The van der Waals surface area contributed by atoms with E-state index in [0.29, 0.717) is 18.5 Å². The summed E-state index contributed by atoms with van der Waals surface area (Å²) >= 11 is 0. The molecule has 3 rings (SSSR count). The van der Waals surface area contributed by atoms with Gasteiger partial charge in [0.2, 0.25) is 5.91 Å². The number of anilines is 2. The molecule has 1 fully saturated rings. The van der Waals surface area contributed by atoms with Crippen LogP contribution in [0.5, 0.6) is 0 Å². The molecule has 2 aliphatic rings. The molecule has 0 unspecified atom stereocenters. The first-order valence-corrected chi connectivity index (χ1v) is 5.69. The van der Waals surface area contributed by atoms with Gasteiger partial charge in [0.25, 0.3) is 0 Å². The molecule has 1 aliphatic heterocycles. The van der Waals surface area contributed by atoms with Gasteiger partial charge in [-0.1, -0.05) is 12.8 Å². The number of hydrogen-bond acceptors (Lipinski definition) is 2. The molecule has 0 aromatic heterocycles. The Morgan fingerprint density at radius 3 is 2.59 bits per heavy atom. The van der Waals surface area contributed by atoms with Crippen molar-refractivity contribution in [2.75, 3.05) is 10.6 Å². The predicted octanol–water partition coefficient (Wildman–Crippen LogP) is 2.64. The molecular weight excluding hydrogens is 226 g/mol. The highest BCUT2D eigenvalue weighted by atomic mass is 19.1. The van der Waals surface area contributed by atoms with Gasteiger partial charge < -0.3 is 10.6 Å². The van der Waals surface area contributed by atoms with E-state index in [4.69, 9.17) is 0 Å². The minimum Gasteiger partial charge on any atom is -0.369 e. The first-order chi connectivity index (χ1) is 8.11. The van der Waals surface area contributed by atoms with Gasteiger partial charge >= 0.3 is 0 Å². The molecule has 1 heterocycles. The van der Waals surface area contributed by atoms with Crippen LogP contribution < -0.4 is 10.6 Å². The number of nitrogens with one attached hydrogen (secondary N) is 2. The molecule has 2 N–H and O–H groups in total. The Hall–Kier alpha value is -1.65. The van der Waals surface area contributed by atoms with Gasteiger partial charge in [-0.2, -0.15) is 0 Å². The van der Waals surface area contributed by atoms with Gasteiger partial charge in [0.05, 0.1) is 5.69 Å². The molecular formula is C12H12F2N2O. The van der Waals surface area contributed by atoms with E-state index < -0.39 is 17.2 Å². The Morgan fingerprint density at radius 2 is 1.88 bits per heavy atom. The number of fused-ring (bicyclic) bond motifs is 1. The maximum atomic E-state index is 13.5. The van der Waals surface area contributed by atoms with Gasteiger partial charge in [-0.3, -0.25) is 4.79 Å². The molecule has 5 heteroatoms. The molecule has 1 amide bonds. The van der Waals surface area contributed by atoms with E-state index in [2.05, 4.69) is 10.6 Å². The van der Waals surface area contributed by atoms with Crippen LogP contribution in [0.15, 0.2) is 12.1 Å². The van der Waals surface area contributed by atoms with Gasteiger partial charge in [0.1, 0.15) is 17.0 Å². The summed E-state index contributed by atoms with van der Waals surface area (Å²) in [6, 6.07) is 1.99. The quantitative estimate of drug-likeness (QED) is 0.729. The number of carbonyl (C=O) groups excluding carboxylic acids is 1. The lowest BCUT2D eigenvalue weighted by molar-refractivity contribution is -0.120. The van der Waals surface area contributed by atoms with Crippen LogP contribution in [0.25, 0.3) is 0 Å². The molecule has 1 aromatic carbocycles. The molecule has 90 valence electrons. The van der Waals surface area contributed by atoms with Crippen LogP contribution in [0.4, 0.5) is 20.2 Å². The van der Waals surface area contributed by atoms with Gasteiger partial charge in [0, 0.05) is 6.07 Å². The second kappa shape index (κ2) is 3.42. The second-order valence-corrected chi connectivity index (χ2v) is 4.68. The zero-order chi connectivity index (χ0) is 12.0. The summed E-state index contributed by atoms with van der Waals surface area (Å²) in [7, 11) is 0. The monoisotopic (exact) mass is 238 g/mol. The fraction of sp³-hybridized carbons (Fsp3) is 0.417. The van der Waals surface area contributed by atoms with Crippen molar-refractivity contribution in [3.8, 4) is 0 Å². The minimum atomic E-state index is -0.742. The van der Waals surface area contributed by atoms with Gasteiger partial charge in [-0.05, 0) is 18.9 Å². The van der Waals surface area contributed by atoms with E-state index in [0.717, 1.165) is 18.9 Å². The third kappa shape index (κ3) is 1.49. The molecule has 1 saturated carbocycles. The van der Waals surface area contributed by atoms with E-state index >= 15 is 0 Å². The van der Waals surface area contributed by atoms with Crippen LogP contribution >= 0.6 is 0 Å². The number of benzene rings is 1. The van der Waals surface area contributed by atoms with Crippen LogP contribution in [0.3, 0.4) is 0 Å². The molecule has 0 atom stereocenters. The SMILES string of the molecule is O=C1Nc2c(F)cc(F)cc2NC12CCCC2. The zero-order valence-electron chi connectivity index (χ0n) is 9.15. The molecule has 1 aliphatic carbocycles. The topological polar surface area (TPSA) is 41.1 Å². The third-order valence-corrected chi connectivity index (χ3v) is 3.56. The number of halogens is 2. The van der Waals surface area contributed by atoms with E-state index in [9.17, 15) is 13.6 Å². The lowest BCUT2D eigenvalue weighted by Crippen LogP contribution is -2.50. The lowest BCUT2D eigenvalue weighted by Gasteiger charge is -2.35. The maximum absolute atomic E-state index is 13.5. The summed E-state index contributed by atoms with van der Waals surface area (Å²) in [4.78, 5) is 12.0. The Bertz CT molecular complexity index is 496. The van der Waals surface area contributed by atoms with Crippen LogP contribution in [-0.2, 0) is 4.79 Å². The van der Waals surface area contributed by atoms with Crippen molar-refractivity contribution < 1.29 is 13.6 Å². The Kier molecular flexibility index (Phi) is 2.11. The van der Waals surface area contributed by atoms with Crippen molar-refractivity contribution >= 4 is 17.3 Å². The molecule has 0 radical (unpaired) electrons. The standard InChI is InChI=1S/C12H12F2N2O/c13-7-5-8(14)10-9(6-7)16-12(11(17)15-10)3-1-2-4-12/h5-6,16H,1-4H2,(H,15,17). The summed E-state index contributed by atoms with van der Waals surface area (Å²) in [5, 5.41) is 5.56. The number of carbonyl (C=O) groups is 1. The van der Waals surface area contributed by atoms with Gasteiger partial charge in [-0.15, -0.1) is 0 Å². The zero-order valence-corrected chi connectivity index (χ0v) is 9.15. The number of hydrogen-bond donors (Lipinski definition) is 2. The van der Waals surface area contributed by atoms with E-state index in [1.54, 1.807) is 0 Å². The Labute approximate surface area is 97.2 Å². The first kappa shape index (κ1) is 10.5. The predicted molar refractivity (Wildman–Crippen MR) is 59.8 cm³/mol. The van der Waals surface area contributed by atoms with Crippen LogP contribution in [-0.4, -0.2) is 11.4 Å². The fourth-order valence-corrected chi connectivity index (χ4v) is 2.68. The average molecular weight is 238 g/mol. The van der Waals surface area contributed by atoms with Crippen molar-refractivity contribution in [1.82, 2.24) is 0 Å². The largest absolute Gasteiger partial charge is 0.369 e. The van der Waals surface area contributed by atoms with Gasteiger partial charge in [-0.25, -0.2) is 8.78 Å².